The summed E-state index contributed by atoms with van der Waals surface area (Å²) in [5.41, 5.74) is 1.61. The van der Waals surface area contributed by atoms with Crippen LogP contribution >= 0.6 is 0 Å². The van der Waals surface area contributed by atoms with Gasteiger partial charge < -0.3 is 4.90 Å². The van der Waals surface area contributed by atoms with Gasteiger partial charge in [0.2, 0.25) is 0 Å². The van der Waals surface area contributed by atoms with Crippen LogP contribution in [0.25, 0.3) is 0 Å². The van der Waals surface area contributed by atoms with E-state index in [0.29, 0.717) is 5.56 Å². The van der Waals surface area contributed by atoms with Crippen molar-refractivity contribution in [1.82, 2.24) is 4.90 Å². The number of carbonyl (C=O) groups excluding carboxylic acids is 1. The Labute approximate surface area is 115 Å². The van der Waals surface area contributed by atoms with Gasteiger partial charge in [0.1, 0.15) is 6.54 Å². The molecule has 0 aromatic heterocycles. The molecule has 0 unspecified atom stereocenters. The van der Waals surface area contributed by atoms with E-state index in [1.54, 1.807) is 4.90 Å². The van der Waals surface area contributed by atoms with Crippen molar-refractivity contribution < 1.29 is 4.79 Å². The normalized spacial score (nSPS) is 11.2. The van der Waals surface area contributed by atoms with E-state index in [4.69, 9.17) is 5.26 Å². The first-order chi connectivity index (χ1) is 8.79. The van der Waals surface area contributed by atoms with E-state index in [1.165, 1.54) is 0 Å². The lowest BCUT2D eigenvalue weighted by molar-refractivity contribution is 0.0729. The molecule has 0 atom stereocenters. The fraction of sp³-hybridized carbons (Fsp3) is 0.500. The van der Waals surface area contributed by atoms with Gasteiger partial charge in [0, 0.05) is 11.6 Å². The highest BCUT2D eigenvalue weighted by Crippen LogP contribution is 2.26. The zero-order valence-electron chi connectivity index (χ0n) is 12.4. The first-order valence-corrected chi connectivity index (χ1v) is 6.56. The molecule has 0 saturated carbocycles. The van der Waals surface area contributed by atoms with E-state index in [0.717, 1.165) is 5.56 Å². The topological polar surface area (TPSA) is 44.1 Å². The summed E-state index contributed by atoms with van der Waals surface area (Å²) in [6.07, 6.45) is 0. The summed E-state index contributed by atoms with van der Waals surface area (Å²) in [5.74, 6) is -0.0675. The molecule has 3 nitrogen and oxygen atoms in total. The molecule has 0 bridgehead atoms. The molecule has 1 aromatic rings. The summed E-state index contributed by atoms with van der Waals surface area (Å²) in [7, 11) is 0. The lowest BCUT2D eigenvalue weighted by Crippen LogP contribution is -2.38. The van der Waals surface area contributed by atoms with Gasteiger partial charge in [0.25, 0.3) is 5.91 Å². The molecule has 1 amide bonds. The van der Waals surface area contributed by atoms with Crippen LogP contribution < -0.4 is 0 Å². The smallest absolute Gasteiger partial charge is 0.255 e. The summed E-state index contributed by atoms with van der Waals surface area (Å²) >= 11 is 0. The van der Waals surface area contributed by atoms with Gasteiger partial charge in [-0.25, -0.2) is 0 Å². The van der Waals surface area contributed by atoms with Crippen molar-refractivity contribution in [1.29, 1.82) is 5.26 Å². The third-order valence-electron chi connectivity index (χ3n) is 3.09. The zero-order chi connectivity index (χ0) is 14.6. The van der Waals surface area contributed by atoms with Crippen molar-refractivity contribution in [3.8, 4) is 6.07 Å². The molecule has 0 radical (unpaired) electrons. The fourth-order valence-corrected chi connectivity index (χ4v) is 2.04. The van der Waals surface area contributed by atoms with Gasteiger partial charge in [0.05, 0.1) is 6.07 Å². The Balaban J connectivity index is 3.23. The number of carbonyl (C=O) groups is 1. The second-order valence-electron chi connectivity index (χ2n) is 5.98. The third-order valence-corrected chi connectivity index (χ3v) is 3.09. The maximum atomic E-state index is 12.6. The Hall–Kier alpha value is -1.82. The first-order valence-electron chi connectivity index (χ1n) is 6.56. The minimum Gasteiger partial charge on any atom is -0.323 e. The highest BCUT2D eigenvalue weighted by atomic mass is 16.2. The minimum absolute atomic E-state index is 0.0141. The van der Waals surface area contributed by atoms with E-state index >= 15 is 0 Å². The van der Waals surface area contributed by atoms with E-state index in [-0.39, 0.29) is 23.9 Å². The number of nitrogens with zero attached hydrogens (tertiary/aromatic N) is 2. The SMILES string of the molecule is CC(C)N(CC#N)C(=O)c1ccccc1C(C)(C)C. The van der Waals surface area contributed by atoms with Gasteiger partial charge in [-0.1, -0.05) is 39.0 Å². The lowest BCUT2D eigenvalue weighted by atomic mass is 9.83. The molecule has 3 heteroatoms. The highest BCUT2D eigenvalue weighted by Gasteiger charge is 2.25. The summed E-state index contributed by atoms with van der Waals surface area (Å²) in [4.78, 5) is 14.2. The van der Waals surface area contributed by atoms with Crippen molar-refractivity contribution in [2.24, 2.45) is 0 Å². The summed E-state index contributed by atoms with van der Waals surface area (Å²) in [6.45, 7) is 10.2. The van der Waals surface area contributed by atoms with Crippen molar-refractivity contribution >= 4 is 5.91 Å². The van der Waals surface area contributed by atoms with Crippen molar-refractivity contribution in [3.05, 3.63) is 35.4 Å². The predicted octanol–water partition coefficient (Wildman–Crippen LogP) is 3.36. The van der Waals surface area contributed by atoms with Gasteiger partial charge in [0.15, 0.2) is 0 Å². The lowest BCUT2D eigenvalue weighted by Gasteiger charge is -2.28. The van der Waals surface area contributed by atoms with Gasteiger partial charge in [-0.05, 0) is 30.9 Å². The van der Waals surface area contributed by atoms with Crippen LogP contribution in [0.5, 0.6) is 0 Å². The molecule has 0 heterocycles. The van der Waals surface area contributed by atoms with Crippen LogP contribution in [0, 0.1) is 11.3 Å². The minimum atomic E-state index is -0.0957. The molecular weight excluding hydrogens is 236 g/mol. The second-order valence-corrected chi connectivity index (χ2v) is 5.98. The van der Waals surface area contributed by atoms with Gasteiger partial charge in [-0.15, -0.1) is 0 Å². The highest BCUT2D eigenvalue weighted by molar-refractivity contribution is 5.96. The maximum absolute atomic E-state index is 12.6. The predicted molar refractivity (Wildman–Crippen MR) is 76.9 cm³/mol. The van der Waals surface area contributed by atoms with Crippen LogP contribution in [0.4, 0.5) is 0 Å². The van der Waals surface area contributed by atoms with Crippen LogP contribution in [0.1, 0.15) is 50.5 Å². The Morgan fingerprint density at radius 2 is 1.89 bits per heavy atom. The third kappa shape index (κ3) is 3.57. The number of nitriles is 1. The van der Waals surface area contributed by atoms with E-state index in [2.05, 4.69) is 26.8 Å². The monoisotopic (exact) mass is 258 g/mol. The molecular formula is C16H22N2O. The Bertz CT molecular complexity index is 492. The van der Waals surface area contributed by atoms with Crippen LogP contribution in [-0.4, -0.2) is 23.4 Å². The summed E-state index contributed by atoms with van der Waals surface area (Å²) in [6, 6.07) is 9.72. The van der Waals surface area contributed by atoms with Crippen molar-refractivity contribution in [3.63, 3.8) is 0 Å². The zero-order valence-corrected chi connectivity index (χ0v) is 12.4. The molecule has 19 heavy (non-hydrogen) atoms. The molecule has 0 saturated heterocycles. The maximum Gasteiger partial charge on any atom is 0.255 e. The molecule has 1 aromatic carbocycles. The van der Waals surface area contributed by atoms with Gasteiger partial charge >= 0.3 is 0 Å². The number of hydrogen-bond donors (Lipinski definition) is 0. The quantitative estimate of drug-likeness (QED) is 0.780. The molecule has 0 aliphatic carbocycles. The van der Waals surface area contributed by atoms with Crippen LogP contribution in [0.2, 0.25) is 0 Å². The summed E-state index contributed by atoms with van der Waals surface area (Å²) in [5, 5.41) is 8.87. The largest absolute Gasteiger partial charge is 0.323 e. The molecule has 1 rings (SSSR count). The number of benzene rings is 1. The van der Waals surface area contributed by atoms with Crippen LogP contribution in [-0.2, 0) is 5.41 Å². The second kappa shape index (κ2) is 5.88. The van der Waals surface area contributed by atoms with Crippen LogP contribution in [0.3, 0.4) is 0 Å². The Kier molecular flexibility index (Phi) is 4.72. The van der Waals surface area contributed by atoms with E-state index in [1.807, 2.05) is 38.1 Å². The first kappa shape index (κ1) is 15.2. The Morgan fingerprint density at radius 1 is 1.32 bits per heavy atom. The van der Waals surface area contributed by atoms with Crippen molar-refractivity contribution in [2.45, 2.75) is 46.1 Å². The number of hydrogen-bond acceptors (Lipinski definition) is 2. The fourth-order valence-electron chi connectivity index (χ4n) is 2.04. The number of rotatable bonds is 3. The molecule has 0 aliphatic heterocycles. The van der Waals surface area contributed by atoms with Gasteiger partial charge in [-0.3, -0.25) is 4.79 Å². The standard InChI is InChI=1S/C16H22N2O/c1-12(2)18(11-10-17)15(19)13-8-6-7-9-14(13)16(3,4)5/h6-9,12H,11H2,1-5H3. The average molecular weight is 258 g/mol. The van der Waals surface area contributed by atoms with E-state index in [9.17, 15) is 4.79 Å². The van der Waals surface area contributed by atoms with Gasteiger partial charge in [-0.2, -0.15) is 5.26 Å². The molecule has 0 fully saturated rings. The van der Waals surface area contributed by atoms with Crippen LogP contribution in [0.15, 0.2) is 24.3 Å². The number of amides is 1. The molecule has 0 spiro atoms. The molecule has 0 N–H and O–H groups in total. The molecule has 0 aliphatic rings. The van der Waals surface area contributed by atoms with E-state index < -0.39 is 0 Å². The van der Waals surface area contributed by atoms with Crippen molar-refractivity contribution in [2.75, 3.05) is 6.54 Å². The Morgan fingerprint density at radius 3 is 2.37 bits per heavy atom. The summed E-state index contributed by atoms with van der Waals surface area (Å²) < 4.78 is 0. The molecule has 102 valence electrons. The average Bonchev–Trinajstić information content (AvgIpc) is 2.33.